The van der Waals surface area contributed by atoms with Crippen LogP contribution in [0.15, 0.2) is 24.3 Å². The van der Waals surface area contributed by atoms with Crippen LogP contribution in [0.25, 0.3) is 10.2 Å². The molecule has 21 heavy (non-hydrogen) atoms. The van der Waals surface area contributed by atoms with Gasteiger partial charge in [-0.2, -0.15) is 13.2 Å². The monoisotopic (exact) mass is 314 g/mol. The average molecular weight is 314 g/mol. The average Bonchev–Trinajstić information content (AvgIpc) is 2.89. The smallest absolute Gasteiger partial charge is 0.324 e. The van der Waals surface area contributed by atoms with Gasteiger partial charge in [0.15, 0.2) is 5.01 Å². The van der Waals surface area contributed by atoms with E-state index in [1.54, 1.807) is 18.2 Å². The number of thiazole rings is 1. The Bertz CT molecular complexity index is 635. The van der Waals surface area contributed by atoms with E-state index in [0.717, 1.165) is 20.9 Å². The van der Waals surface area contributed by atoms with Crippen molar-refractivity contribution < 1.29 is 18.0 Å². The van der Waals surface area contributed by atoms with Crippen LogP contribution in [-0.2, 0) is 0 Å². The number of hydrogen-bond acceptors (Lipinski definition) is 3. The van der Waals surface area contributed by atoms with Gasteiger partial charge in [-0.25, -0.2) is 4.98 Å². The molecule has 0 radical (unpaired) electrons. The molecule has 1 aromatic heterocycles. The molecule has 1 unspecified atom stereocenters. The summed E-state index contributed by atoms with van der Waals surface area (Å²) in [7, 11) is 0. The standard InChI is InChI=1S/C14H13F3N2OS/c15-14(16,17)11-7-3-4-8-19(11)13(20)12-18-9-5-1-2-6-10(9)21-12/h1-2,5-6,11H,3-4,7-8H2. The summed E-state index contributed by atoms with van der Waals surface area (Å²) in [5, 5.41) is 0.132. The first-order valence-corrected chi connectivity index (χ1v) is 7.52. The molecule has 0 aliphatic carbocycles. The summed E-state index contributed by atoms with van der Waals surface area (Å²) in [5.41, 5.74) is 0.645. The summed E-state index contributed by atoms with van der Waals surface area (Å²) in [6.45, 7) is 0.138. The quantitative estimate of drug-likeness (QED) is 0.801. The van der Waals surface area contributed by atoms with Gasteiger partial charge in [0.1, 0.15) is 6.04 Å². The molecule has 1 aromatic carbocycles. The lowest BCUT2D eigenvalue weighted by Crippen LogP contribution is -2.51. The van der Waals surface area contributed by atoms with Crippen molar-refractivity contribution in [1.29, 1.82) is 0 Å². The van der Waals surface area contributed by atoms with Gasteiger partial charge in [-0.3, -0.25) is 4.79 Å². The van der Waals surface area contributed by atoms with Gasteiger partial charge in [-0.05, 0) is 31.4 Å². The van der Waals surface area contributed by atoms with Gasteiger partial charge in [0.05, 0.1) is 10.2 Å². The third kappa shape index (κ3) is 2.74. The molecule has 0 N–H and O–H groups in total. The van der Waals surface area contributed by atoms with Crippen molar-refractivity contribution in [1.82, 2.24) is 9.88 Å². The van der Waals surface area contributed by atoms with Gasteiger partial charge >= 0.3 is 6.18 Å². The normalized spacial score (nSPS) is 20.0. The van der Waals surface area contributed by atoms with Crippen molar-refractivity contribution in [3.8, 4) is 0 Å². The summed E-state index contributed by atoms with van der Waals surface area (Å²) < 4.78 is 40.0. The maximum atomic E-state index is 13.1. The van der Waals surface area contributed by atoms with Crippen LogP contribution in [0.1, 0.15) is 29.1 Å². The number of fused-ring (bicyclic) bond motifs is 1. The molecule has 3 rings (SSSR count). The highest BCUT2D eigenvalue weighted by Crippen LogP contribution is 2.33. The van der Waals surface area contributed by atoms with Crippen LogP contribution in [0.5, 0.6) is 0 Å². The minimum absolute atomic E-state index is 0.0276. The Balaban J connectivity index is 1.92. The summed E-state index contributed by atoms with van der Waals surface area (Å²) >= 11 is 1.14. The fourth-order valence-electron chi connectivity index (χ4n) is 2.60. The van der Waals surface area contributed by atoms with Gasteiger partial charge in [-0.1, -0.05) is 12.1 Å². The summed E-state index contributed by atoms with van der Waals surface area (Å²) in [5.74, 6) is -0.613. The zero-order valence-electron chi connectivity index (χ0n) is 11.1. The number of carbonyl (C=O) groups is 1. The van der Waals surface area contributed by atoms with E-state index in [2.05, 4.69) is 4.98 Å². The Morgan fingerprint density at radius 1 is 1.29 bits per heavy atom. The number of rotatable bonds is 1. The number of benzene rings is 1. The van der Waals surface area contributed by atoms with Crippen molar-refractivity contribution >= 4 is 27.5 Å². The van der Waals surface area contributed by atoms with Gasteiger partial charge in [0, 0.05) is 6.54 Å². The third-order valence-corrected chi connectivity index (χ3v) is 4.64. The molecular formula is C14H13F3N2OS. The number of aromatic nitrogens is 1. The van der Waals surface area contributed by atoms with Crippen LogP contribution < -0.4 is 0 Å². The molecule has 1 fully saturated rings. The number of amides is 1. The molecule has 0 saturated carbocycles. The first-order valence-electron chi connectivity index (χ1n) is 6.70. The highest BCUT2D eigenvalue weighted by molar-refractivity contribution is 7.20. The number of hydrogen-bond donors (Lipinski definition) is 0. The molecule has 1 atom stereocenters. The SMILES string of the molecule is O=C(c1nc2ccccc2s1)N1CCCCC1C(F)(F)F. The second-order valence-electron chi connectivity index (χ2n) is 5.04. The molecule has 112 valence electrons. The van der Waals surface area contributed by atoms with Crippen LogP contribution in [0.4, 0.5) is 13.2 Å². The summed E-state index contributed by atoms with van der Waals surface area (Å²) in [4.78, 5) is 17.5. The Hall–Kier alpha value is -1.63. The van der Waals surface area contributed by atoms with Crippen molar-refractivity contribution in [2.75, 3.05) is 6.54 Å². The zero-order chi connectivity index (χ0) is 15.0. The van der Waals surface area contributed by atoms with E-state index in [-0.39, 0.29) is 18.0 Å². The van der Waals surface area contributed by atoms with E-state index in [0.29, 0.717) is 18.4 Å². The van der Waals surface area contributed by atoms with Gasteiger partial charge in [-0.15, -0.1) is 11.3 Å². The summed E-state index contributed by atoms with van der Waals surface area (Å²) in [6, 6.07) is 5.47. The molecule has 2 aromatic rings. The highest BCUT2D eigenvalue weighted by atomic mass is 32.1. The molecule has 0 spiro atoms. The fourth-order valence-corrected chi connectivity index (χ4v) is 3.52. The van der Waals surface area contributed by atoms with E-state index >= 15 is 0 Å². The second kappa shape index (κ2) is 5.29. The first-order chi connectivity index (χ1) is 9.97. The number of likely N-dealkylation sites (tertiary alicyclic amines) is 1. The van der Waals surface area contributed by atoms with E-state index < -0.39 is 18.1 Å². The lowest BCUT2D eigenvalue weighted by atomic mass is 10.0. The van der Waals surface area contributed by atoms with Crippen LogP contribution in [0, 0.1) is 0 Å². The minimum atomic E-state index is -4.38. The highest BCUT2D eigenvalue weighted by Gasteiger charge is 2.46. The van der Waals surface area contributed by atoms with Crippen LogP contribution in [0.2, 0.25) is 0 Å². The molecule has 2 heterocycles. The molecule has 0 bridgehead atoms. The molecule has 1 saturated heterocycles. The number of piperidine rings is 1. The Labute approximate surface area is 123 Å². The molecule has 1 aliphatic rings. The number of alkyl halides is 3. The molecule has 7 heteroatoms. The molecule has 3 nitrogen and oxygen atoms in total. The van der Waals surface area contributed by atoms with E-state index in [9.17, 15) is 18.0 Å². The zero-order valence-corrected chi connectivity index (χ0v) is 11.9. The van der Waals surface area contributed by atoms with Gasteiger partial charge in [0.2, 0.25) is 0 Å². The van der Waals surface area contributed by atoms with Crippen molar-refractivity contribution in [3.05, 3.63) is 29.3 Å². The predicted octanol–water partition coefficient (Wildman–Crippen LogP) is 3.85. The van der Waals surface area contributed by atoms with E-state index in [4.69, 9.17) is 0 Å². The largest absolute Gasteiger partial charge is 0.408 e. The number of nitrogens with zero attached hydrogens (tertiary/aromatic N) is 2. The lowest BCUT2D eigenvalue weighted by molar-refractivity contribution is -0.183. The van der Waals surface area contributed by atoms with Crippen molar-refractivity contribution in [3.63, 3.8) is 0 Å². The lowest BCUT2D eigenvalue weighted by Gasteiger charge is -2.36. The van der Waals surface area contributed by atoms with Crippen LogP contribution in [0.3, 0.4) is 0 Å². The topological polar surface area (TPSA) is 33.2 Å². The van der Waals surface area contributed by atoms with Crippen LogP contribution >= 0.6 is 11.3 Å². The summed E-state index contributed by atoms with van der Waals surface area (Å²) in [6.07, 6.45) is -3.32. The Morgan fingerprint density at radius 3 is 2.76 bits per heavy atom. The van der Waals surface area contributed by atoms with Crippen molar-refractivity contribution in [2.45, 2.75) is 31.5 Å². The Kier molecular flexibility index (Phi) is 3.61. The molecule has 1 amide bonds. The maximum absolute atomic E-state index is 13.1. The Morgan fingerprint density at radius 2 is 2.05 bits per heavy atom. The number of halogens is 3. The second-order valence-corrected chi connectivity index (χ2v) is 6.07. The van der Waals surface area contributed by atoms with E-state index in [1.165, 1.54) is 0 Å². The van der Waals surface area contributed by atoms with E-state index in [1.807, 2.05) is 6.07 Å². The van der Waals surface area contributed by atoms with Gasteiger partial charge < -0.3 is 4.90 Å². The minimum Gasteiger partial charge on any atom is -0.324 e. The fraction of sp³-hybridized carbons (Fsp3) is 0.429. The third-order valence-electron chi connectivity index (χ3n) is 3.62. The number of carbonyl (C=O) groups excluding carboxylic acids is 1. The van der Waals surface area contributed by atoms with Crippen molar-refractivity contribution in [2.24, 2.45) is 0 Å². The molecule has 1 aliphatic heterocycles. The van der Waals surface area contributed by atoms with Gasteiger partial charge in [0.25, 0.3) is 5.91 Å². The molecular weight excluding hydrogens is 301 g/mol. The number of para-hydroxylation sites is 1. The van der Waals surface area contributed by atoms with Crippen LogP contribution in [-0.4, -0.2) is 34.6 Å². The first kappa shape index (κ1) is 14.3. The predicted molar refractivity (Wildman–Crippen MR) is 74.4 cm³/mol. The maximum Gasteiger partial charge on any atom is 0.408 e.